The fraction of sp³-hybridized carbons (Fsp3) is 0.386. The molecule has 1 unspecified atom stereocenters. The van der Waals surface area contributed by atoms with Gasteiger partial charge in [0.05, 0.1) is 0 Å². The first-order chi connectivity index (χ1) is 26.7. The van der Waals surface area contributed by atoms with E-state index in [-0.39, 0.29) is 39.9 Å². The molecule has 5 nitrogen and oxygen atoms in total. The van der Waals surface area contributed by atoms with Gasteiger partial charge in [-0.05, 0) is 132 Å². The van der Waals surface area contributed by atoms with E-state index in [9.17, 15) is 18.0 Å². The molecule has 1 fully saturated rings. The van der Waals surface area contributed by atoms with Crippen LogP contribution < -0.4 is 14.9 Å². The number of amides is 1. The van der Waals surface area contributed by atoms with E-state index >= 15 is 0 Å². The summed E-state index contributed by atoms with van der Waals surface area (Å²) in [6.45, 7) is 13.5. The average molecular weight is 840 g/mol. The summed E-state index contributed by atoms with van der Waals surface area (Å²) in [7, 11) is 0. The Bertz CT molecular complexity index is 1950. The van der Waals surface area contributed by atoms with Gasteiger partial charge in [-0.3, -0.25) is 14.4 Å². The van der Waals surface area contributed by atoms with Gasteiger partial charge in [-0.15, -0.1) is 11.8 Å². The Morgan fingerprint density at radius 1 is 0.893 bits per heavy atom. The number of anilines is 2. The van der Waals surface area contributed by atoms with E-state index < -0.39 is 5.51 Å². The number of thioether (sulfide) groups is 2. The number of alkyl halides is 3. The Kier molecular flexibility index (Phi) is 14.4. The van der Waals surface area contributed by atoms with Gasteiger partial charge >= 0.3 is 5.51 Å². The van der Waals surface area contributed by atoms with Crippen LogP contribution in [0.4, 0.5) is 24.5 Å². The van der Waals surface area contributed by atoms with Crippen molar-refractivity contribution in [1.82, 2.24) is 9.62 Å². The normalized spacial score (nSPS) is 16.9. The molecule has 0 saturated carbocycles. The minimum Gasteiger partial charge on any atom is -0.380 e. The van der Waals surface area contributed by atoms with E-state index in [0.29, 0.717) is 21.9 Å². The van der Waals surface area contributed by atoms with Crippen molar-refractivity contribution >= 4 is 69.9 Å². The number of halogens is 4. The highest BCUT2D eigenvalue weighted by Gasteiger charge is 2.32. The lowest BCUT2D eigenvalue weighted by Gasteiger charge is -2.39. The molecular formula is C44H50ClF3N4OS3. The van der Waals surface area contributed by atoms with Crippen LogP contribution in [0.25, 0.3) is 5.57 Å². The van der Waals surface area contributed by atoms with Crippen LogP contribution in [0.1, 0.15) is 62.9 Å². The lowest BCUT2D eigenvalue weighted by Crippen LogP contribution is -2.47. The first-order valence-corrected chi connectivity index (χ1v) is 22.1. The smallest absolute Gasteiger partial charge is 0.380 e. The predicted octanol–water partition coefficient (Wildman–Crippen LogP) is 12.4. The molecule has 1 aliphatic heterocycles. The Hall–Kier alpha value is -3.22. The average Bonchev–Trinajstić information content (AvgIpc) is 3.16. The third-order valence-electron chi connectivity index (χ3n) is 10.4. The predicted molar refractivity (Wildman–Crippen MR) is 232 cm³/mol. The van der Waals surface area contributed by atoms with E-state index in [4.69, 9.17) is 11.6 Å². The number of piperazine rings is 1. The maximum absolute atomic E-state index is 13.7. The first-order valence-electron chi connectivity index (χ1n) is 19.1. The number of benzene rings is 4. The highest BCUT2D eigenvalue weighted by molar-refractivity contribution is 8.00. The van der Waals surface area contributed by atoms with Crippen molar-refractivity contribution in [2.45, 2.75) is 73.2 Å². The van der Waals surface area contributed by atoms with Crippen molar-refractivity contribution in [3.8, 4) is 0 Å². The topological polar surface area (TPSA) is 47.6 Å². The largest absolute Gasteiger partial charge is 0.446 e. The molecule has 6 rings (SSSR count). The number of nitrogens with one attached hydrogen (secondary N) is 2. The van der Waals surface area contributed by atoms with Crippen LogP contribution in [0.15, 0.2) is 117 Å². The lowest BCUT2D eigenvalue weighted by atomic mass is 9.73. The van der Waals surface area contributed by atoms with Crippen molar-refractivity contribution in [3.63, 3.8) is 0 Å². The molecular weight excluding hydrogens is 789 g/mol. The van der Waals surface area contributed by atoms with Crippen molar-refractivity contribution in [2.75, 3.05) is 48.7 Å². The highest BCUT2D eigenvalue weighted by Crippen LogP contribution is 2.44. The van der Waals surface area contributed by atoms with Crippen LogP contribution in [-0.4, -0.2) is 60.8 Å². The summed E-state index contributed by atoms with van der Waals surface area (Å²) in [6.07, 6.45) is 3.35. The van der Waals surface area contributed by atoms with Gasteiger partial charge in [0.25, 0.3) is 5.91 Å². The molecule has 4 aromatic rings. The number of carbonyl (C=O) groups excluding carboxylic acids is 1. The van der Waals surface area contributed by atoms with Crippen molar-refractivity contribution < 1.29 is 18.0 Å². The number of carbonyl (C=O) groups is 1. The molecule has 0 radical (unpaired) electrons. The van der Waals surface area contributed by atoms with Crippen LogP contribution in [0.2, 0.25) is 5.02 Å². The van der Waals surface area contributed by atoms with Gasteiger partial charge in [0.15, 0.2) is 0 Å². The van der Waals surface area contributed by atoms with E-state index in [2.05, 4.69) is 59.7 Å². The highest BCUT2D eigenvalue weighted by atomic mass is 35.5. The summed E-state index contributed by atoms with van der Waals surface area (Å²) in [5, 5.41) is 4.13. The summed E-state index contributed by atoms with van der Waals surface area (Å²) in [5.41, 5.74) is 2.07. The molecule has 1 aliphatic carbocycles. The second-order valence-electron chi connectivity index (χ2n) is 15.6. The maximum atomic E-state index is 13.7. The van der Waals surface area contributed by atoms with E-state index in [0.717, 1.165) is 73.1 Å². The van der Waals surface area contributed by atoms with Gasteiger partial charge in [0, 0.05) is 81.2 Å². The van der Waals surface area contributed by atoms with Gasteiger partial charge in [0.1, 0.15) is 0 Å². The third kappa shape index (κ3) is 12.1. The van der Waals surface area contributed by atoms with Crippen molar-refractivity contribution in [3.05, 3.63) is 119 Å². The number of allylic oxidation sites excluding steroid dienone is 1. The summed E-state index contributed by atoms with van der Waals surface area (Å²) in [6, 6.07) is 30.6. The van der Waals surface area contributed by atoms with E-state index in [1.54, 1.807) is 23.9 Å². The number of hydrogen-bond acceptors (Lipinski definition) is 7. The molecule has 4 aromatic carbocycles. The monoisotopic (exact) mass is 838 g/mol. The second-order valence-corrected chi connectivity index (χ2v) is 19.1. The maximum Gasteiger partial charge on any atom is 0.446 e. The quantitative estimate of drug-likeness (QED) is 0.0969. The van der Waals surface area contributed by atoms with Gasteiger partial charge in [-0.25, -0.2) is 0 Å². The number of rotatable bonds is 14. The van der Waals surface area contributed by atoms with E-state index in [1.807, 2.05) is 66.7 Å². The standard InChI is InChI=1S/C44H50ClF3N4OS3/c1-30(2)40(29-54-36-8-6-5-7-9-36)49-39-19-18-37(26-41(39)55-44(46,47)48)56-50-42(53)32-12-16-35(17-13-32)52-24-22-51(23-25-52)28-33-27-43(3,4)21-20-38(33)31-10-14-34(45)15-11-31/h5-19,26,30,40,49H,20-25,27-29H2,1-4H3,(H,50,53). The van der Waals surface area contributed by atoms with Gasteiger partial charge in [-0.1, -0.05) is 75.2 Å². The van der Waals surface area contributed by atoms with Gasteiger partial charge in [0.2, 0.25) is 0 Å². The van der Waals surface area contributed by atoms with Gasteiger partial charge < -0.3 is 10.2 Å². The zero-order valence-corrected chi connectivity index (χ0v) is 35.5. The molecule has 2 N–H and O–H groups in total. The molecule has 1 atom stereocenters. The van der Waals surface area contributed by atoms with Crippen LogP contribution in [0.5, 0.6) is 0 Å². The lowest BCUT2D eigenvalue weighted by molar-refractivity contribution is -0.0328. The van der Waals surface area contributed by atoms with Crippen LogP contribution in [-0.2, 0) is 0 Å². The summed E-state index contributed by atoms with van der Waals surface area (Å²) in [5.74, 6) is 0.575. The van der Waals surface area contributed by atoms with Crippen LogP contribution >= 0.6 is 47.1 Å². The molecule has 12 heteroatoms. The van der Waals surface area contributed by atoms with Crippen LogP contribution in [0, 0.1) is 11.3 Å². The van der Waals surface area contributed by atoms with Crippen molar-refractivity contribution in [2.24, 2.45) is 11.3 Å². The Labute approximate surface area is 347 Å². The molecule has 1 heterocycles. The summed E-state index contributed by atoms with van der Waals surface area (Å²) in [4.78, 5) is 19.7. The minimum atomic E-state index is -4.46. The molecule has 0 spiro atoms. The summed E-state index contributed by atoms with van der Waals surface area (Å²) >= 11 is 8.73. The molecule has 1 amide bonds. The Morgan fingerprint density at radius 3 is 2.25 bits per heavy atom. The fourth-order valence-corrected chi connectivity index (χ4v) is 9.89. The Balaban J connectivity index is 1.03. The Morgan fingerprint density at radius 2 is 1.59 bits per heavy atom. The van der Waals surface area contributed by atoms with E-state index in [1.165, 1.54) is 29.2 Å². The molecule has 298 valence electrons. The van der Waals surface area contributed by atoms with Crippen molar-refractivity contribution in [1.29, 1.82) is 0 Å². The molecule has 0 aromatic heterocycles. The molecule has 56 heavy (non-hydrogen) atoms. The second kappa shape index (κ2) is 19.0. The zero-order valence-electron chi connectivity index (χ0n) is 32.3. The third-order valence-corrected chi connectivity index (χ3v) is 13.4. The zero-order chi connectivity index (χ0) is 39.9. The van der Waals surface area contributed by atoms with Gasteiger partial charge in [-0.2, -0.15) is 13.2 Å². The fourth-order valence-electron chi connectivity index (χ4n) is 7.18. The first kappa shape index (κ1) is 42.4. The van der Waals surface area contributed by atoms with Crippen LogP contribution in [0.3, 0.4) is 0 Å². The summed E-state index contributed by atoms with van der Waals surface area (Å²) < 4.78 is 43.9. The molecule has 1 saturated heterocycles. The number of nitrogens with zero attached hydrogens (tertiary/aromatic N) is 2. The minimum absolute atomic E-state index is 0.0568. The number of hydrogen-bond donors (Lipinski definition) is 2. The molecule has 2 aliphatic rings. The SMILES string of the molecule is CC(C)C(CSc1ccccc1)Nc1ccc(SNC(=O)c2ccc(N3CCN(CC4=C(c5ccc(Cl)cc5)CCC(C)(C)C4)CC3)cc2)cc1SC(F)(F)F. The molecule has 0 bridgehead atoms.